The maximum Gasteiger partial charge on any atom is 0.296 e. The average molecular weight is 430 g/mol. The number of fused-ring (bicyclic) bond motifs is 2. The van der Waals surface area contributed by atoms with Gasteiger partial charge in [0.05, 0.1) is 23.6 Å². The van der Waals surface area contributed by atoms with Crippen LogP contribution < -0.4 is 15.1 Å². The first kappa shape index (κ1) is 20.1. The first-order valence-corrected chi connectivity index (χ1v) is 10.6. The van der Waals surface area contributed by atoms with Crippen molar-refractivity contribution in [2.45, 2.75) is 33.2 Å². The number of hydrogen-bond acceptors (Lipinski definition) is 6. The van der Waals surface area contributed by atoms with Crippen molar-refractivity contribution in [3.63, 3.8) is 0 Å². The molecule has 4 aromatic rings. The Morgan fingerprint density at radius 2 is 1.94 bits per heavy atom. The van der Waals surface area contributed by atoms with Gasteiger partial charge in [0.15, 0.2) is 11.2 Å². The van der Waals surface area contributed by atoms with Gasteiger partial charge in [-0.15, -0.1) is 0 Å². The molecule has 1 aliphatic heterocycles. The van der Waals surface area contributed by atoms with E-state index in [-0.39, 0.29) is 11.2 Å². The Morgan fingerprint density at radius 1 is 1.09 bits per heavy atom. The number of aryl methyl sites for hydroxylation is 2. The number of amides is 1. The van der Waals surface area contributed by atoms with E-state index in [0.29, 0.717) is 40.5 Å². The second-order valence-corrected chi connectivity index (χ2v) is 7.74. The van der Waals surface area contributed by atoms with Gasteiger partial charge in [-0.05, 0) is 55.7 Å². The summed E-state index contributed by atoms with van der Waals surface area (Å²) in [5, 5.41) is 4.51. The molecule has 0 unspecified atom stereocenters. The zero-order valence-corrected chi connectivity index (χ0v) is 18.0. The molecule has 5 rings (SSSR count). The smallest absolute Gasteiger partial charge is 0.296 e. The summed E-state index contributed by atoms with van der Waals surface area (Å²) in [6, 6.07) is 13.8. The third kappa shape index (κ3) is 3.09. The Morgan fingerprint density at radius 3 is 2.66 bits per heavy atom. The van der Waals surface area contributed by atoms with Gasteiger partial charge in [0.2, 0.25) is 5.76 Å². The van der Waals surface area contributed by atoms with Crippen LogP contribution in [0.3, 0.4) is 0 Å². The maximum atomic E-state index is 13.7. The largest absolute Gasteiger partial charge is 0.494 e. The summed E-state index contributed by atoms with van der Waals surface area (Å²) in [4.78, 5) is 28.7. The van der Waals surface area contributed by atoms with E-state index in [2.05, 4.69) is 5.16 Å². The minimum atomic E-state index is -0.715. The van der Waals surface area contributed by atoms with E-state index in [1.54, 1.807) is 19.1 Å². The predicted molar refractivity (Wildman–Crippen MR) is 119 cm³/mol. The molecule has 0 N–H and O–H groups in total. The van der Waals surface area contributed by atoms with Crippen molar-refractivity contribution in [3.05, 3.63) is 87.0 Å². The van der Waals surface area contributed by atoms with Gasteiger partial charge in [-0.3, -0.25) is 14.5 Å². The van der Waals surface area contributed by atoms with Crippen molar-refractivity contribution in [2.75, 3.05) is 11.5 Å². The predicted octanol–water partition coefficient (Wildman–Crippen LogP) is 4.80. The fourth-order valence-corrected chi connectivity index (χ4v) is 4.20. The van der Waals surface area contributed by atoms with Crippen LogP contribution in [0.15, 0.2) is 62.3 Å². The van der Waals surface area contributed by atoms with Crippen LogP contribution in [0, 0.1) is 6.92 Å². The van der Waals surface area contributed by atoms with Gasteiger partial charge in [-0.1, -0.05) is 30.3 Å². The molecule has 1 atom stereocenters. The molecule has 162 valence electrons. The van der Waals surface area contributed by atoms with Crippen molar-refractivity contribution in [2.24, 2.45) is 0 Å². The first-order chi connectivity index (χ1) is 15.5. The van der Waals surface area contributed by atoms with Gasteiger partial charge in [0.1, 0.15) is 17.1 Å². The molecule has 7 heteroatoms. The normalized spacial score (nSPS) is 15.4. The Balaban J connectivity index is 1.79. The molecule has 3 heterocycles. The van der Waals surface area contributed by atoms with Gasteiger partial charge in [0.25, 0.3) is 5.91 Å². The number of rotatable bonds is 5. The molecule has 0 fully saturated rings. The highest BCUT2D eigenvalue weighted by Crippen LogP contribution is 2.41. The maximum absolute atomic E-state index is 13.7. The molecule has 0 spiro atoms. The Bertz CT molecular complexity index is 1400. The third-order valence-corrected chi connectivity index (χ3v) is 5.69. The van der Waals surface area contributed by atoms with E-state index in [1.807, 2.05) is 50.2 Å². The Kier molecular flexibility index (Phi) is 4.81. The van der Waals surface area contributed by atoms with Gasteiger partial charge in [0, 0.05) is 6.07 Å². The summed E-state index contributed by atoms with van der Waals surface area (Å²) in [5.41, 5.74) is 2.21. The fraction of sp³-hybridized carbons (Fsp3) is 0.240. The standard InChI is InChI=1S/C25H22N2O5/c1-4-15-9-10-19-18(12-15)23(28)21-22(16-7-6-8-17(13-16)30-5-2)27(25(29)24(21)31-19)20-11-14(3)32-26-20/h6-13,22H,4-5H2,1-3H3/t22-/m1/s1. The van der Waals surface area contributed by atoms with Crippen molar-refractivity contribution in [1.82, 2.24) is 5.16 Å². The molecule has 2 aromatic carbocycles. The van der Waals surface area contributed by atoms with E-state index >= 15 is 0 Å². The summed E-state index contributed by atoms with van der Waals surface area (Å²) < 4.78 is 16.9. The van der Waals surface area contributed by atoms with Crippen LogP contribution in [-0.2, 0) is 6.42 Å². The monoisotopic (exact) mass is 430 g/mol. The van der Waals surface area contributed by atoms with Gasteiger partial charge in [-0.25, -0.2) is 0 Å². The molecule has 1 aliphatic rings. The lowest BCUT2D eigenvalue weighted by molar-refractivity contribution is 0.0969. The second-order valence-electron chi connectivity index (χ2n) is 7.74. The second kappa shape index (κ2) is 7.67. The van der Waals surface area contributed by atoms with Crippen LogP contribution in [0.25, 0.3) is 11.0 Å². The van der Waals surface area contributed by atoms with Gasteiger partial charge < -0.3 is 13.7 Å². The number of anilines is 1. The molecular weight excluding hydrogens is 408 g/mol. The van der Waals surface area contributed by atoms with Crippen LogP contribution in [0.1, 0.15) is 52.9 Å². The molecule has 7 nitrogen and oxygen atoms in total. The summed E-state index contributed by atoms with van der Waals surface area (Å²) in [7, 11) is 0. The number of carbonyl (C=O) groups excluding carboxylic acids is 1. The number of nitrogens with zero attached hydrogens (tertiary/aromatic N) is 2. The summed E-state index contributed by atoms with van der Waals surface area (Å²) in [6.07, 6.45) is 0.787. The van der Waals surface area contributed by atoms with Crippen molar-refractivity contribution >= 4 is 22.7 Å². The third-order valence-electron chi connectivity index (χ3n) is 5.69. The SMILES string of the molecule is CCOc1cccc([C@@H]2c3c(oc4ccc(CC)cc4c3=O)C(=O)N2c2cc(C)on2)c1. The molecule has 32 heavy (non-hydrogen) atoms. The zero-order valence-electron chi connectivity index (χ0n) is 18.0. The first-order valence-electron chi connectivity index (χ1n) is 10.6. The molecular formula is C25H22N2O5. The molecule has 0 saturated carbocycles. The van der Waals surface area contributed by atoms with Crippen LogP contribution in [0.5, 0.6) is 5.75 Å². The van der Waals surface area contributed by atoms with Crippen molar-refractivity contribution in [3.8, 4) is 5.75 Å². The quantitative estimate of drug-likeness (QED) is 0.452. The highest BCUT2D eigenvalue weighted by molar-refractivity contribution is 6.10. The van der Waals surface area contributed by atoms with Crippen LogP contribution in [0.4, 0.5) is 5.82 Å². The highest BCUT2D eigenvalue weighted by Gasteiger charge is 2.45. The number of ether oxygens (including phenoxy) is 1. The average Bonchev–Trinajstić information content (AvgIpc) is 3.35. The Labute approximate surface area is 184 Å². The Hall–Kier alpha value is -3.87. The van der Waals surface area contributed by atoms with Crippen molar-refractivity contribution < 1.29 is 18.5 Å². The molecule has 1 amide bonds. The van der Waals surface area contributed by atoms with E-state index in [9.17, 15) is 9.59 Å². The van der Waals surface area contributed by atoms with E-state index in [0.717, 1.165) is 17.5 Å². The molecule has 0 saturated heterocycles. The number of aromatic nitrogens is 1. The molecule has 2 aromatic heterocycles. The number of benzene rings is 2. The van der Waals surface area contributed by atoms with Gasteiger partial charge >= 0.3 is 0 Å². The lowest BCUT2D eigenvalue weighted by Crippen LogP contribution is -2.29. The molecule has 0 radical (unpaired) electrons. The lowest BCUT2D eigenvalue weighted by Gasteiger charge is -2.22. The zero-order chi connectivity index (χ0) is 22.4. The number of hydrogen-bond donors (Lipinski definition) is 0. The van der Waals surface area contributed by atoms with Crippen LogP contribution in [0.2, 0.25) is 0 Å². The summed E-state index contributed by atoms with van der Waals surface area (Å²) >= 11 is 0. The minimum Gasteiger partial charge on any atom is -0.494 e. The van der Waals surface area contributed by atoms with Crippen LogP contribution in [-0.4, -0.2) is 17.7 Å². The van der Waals surface area contributed by atoms with E-state index in [1.165, 1.54) is 4.90 Å². The summed E-state index contributed by atoms with van der Waals surface area (Å²) in [6.45, 7) is 6.18. The van der Waals surface area contributed by atoms with Crippen molar-refractivity contribution in [1.29, 1.82) is 0 Å². The summed E-state index contributed by atoms with van der Waals surface area (Å²) in [5.74, 6) is 1.13. The lowest BCUT2D eigenvalue weighted by atomic mass is 9.97. The minimum absolute atomic E-state index is 0.0271. The molecule has 0 aliphatic carbocycles. The molecule has 0 bridgehead atoms. The fourth-order valence-electron chi connectivity index (χ4n) is 4.20. The van der Waals surface area contributed by atoms with Gasteiger partial charge in [-0.2, -0.15) is 0 Å². The topological polar surface area (TPSA) is 85.8 Å². The highest BCUT2D eigenvalue weighted by atomic mass is 16.5. The number of carbonyl (C=O) groups is 1. The van der Waals surface area contributed by atoms with E-state index in [4.69, 9.17) is 13.7 Å². The van der Waals surface area contributed by atoms with Crippen LogP contribution >= 0.6 is 0 Å². The van der Waals surface area contributed by atoms with E-state index < -0.39 is 11.9 Å².